The Bertz CT molecular complexity index is 1260. The highest BCUT2D eigenvalue weighted by molar-refractivity contribution is 6.38. The van der Waals surface area contributed by atoms with Gasteiger partial charge in [-0.15, -0.1) is 0 Å². The molecule has 0 radical (unpaired) electrons. The van der Waals surface area contributed by atoms with E-state index >= 15 is 0 Å². The van der Waals surface area contributed by atoms with Crippen LogP contribution in [0.3, 0.4) is 0 Å². The summed E-state index contributed by atoms with van der Waals surface area (Å²) in [5.74, 6) is -1.87. The van der Waals surface area contributed by atoms with Gasteiger partial charge >= 0.3 is 5.97 Å². The van der Waals surface area contributed by atoms with E-state index in [9.17, 15) is 19.1 Å². The molecular formula is C26H27ClFN3O3. The molecule has 0 atom stereocenters. The Morgan fingerprint density at radius 3 is 2.29 bits per heavy atom. The first-order chi connectivity index (χ1) is 16.4. The number of hydrogen-bond acceptors (Lipinski definition) is 4. The van der Waals surface area contributed by atoms with Crippen LogP contribution in [-0.4, -0.2) is 34.9 Å². The van der Waals surface area contributed by atoms with E-state index < -0.39 is 17.2 Å². The number of aromatic carboxylic acids is 1. The number of hydrogen-bond donors (Lipinski definition) is 2. The third-order valence-corrected chi connectivity index (χ3v) is 6.60. The Kier molecular flexibility index (Phi) is 7.32. The largest absolute Gasteiger partial charge is 0.477 e. The van der Waals surface area contributed by atoms with Gasteiger partial charge in [0.15, 0.2) is 0 Å². The number of nitrogens with one attached hydrogen (secondary N) is 1. The molecule has 2 heterocycles. The maximum absolute atomic E-state index is 14.9. The lowest BCUT2D eigenvalue weighted by molar-refractivity contribution is 0.0695. The fourth-order valence-electron chi connectivity index (χ4n) is 4.36. The second-order valence-electron chi connectivity index (χ2n) is 8.69. The topological polar surface area (TPSA) is 86.4 Å². The zero-order valence-electron chi connectivity index (χ0n) is 18.8. The van der Waals surface area contributed by atoms with Crippen LogP contribution >= 0.6 is 11.6 Å². The molecule has 2 aromatic carbocycles. The third-order valence-electron chi connectivity index (χ3n) is 6.24. The van der Waals surface area contributed by atoms with E-state index in [0.29, 0.717) is 11.2 Å². The minimum absolute atomic E-state index is 0.0397. The smallest absolute Gasteiger partial charge is 0.341 e. The number of carboxylic acid groups (broad SMARTS) is 1. The summed E-state index contributed by atoms with van der Waals surface area (Å²) in [5, 5.41) is 16.4. The number of pyridine rings is 1. The predicted molar refractivity (Wildman–Crippen MR) is 133 cm³/mol. The molecule has 2 N–H and O–H groups in total. The van der Waals surface area contributed by atoms with Crippen LogP contribution in [0.5, 0.6) is 0 Å². The predicted octanol–water partition coefficient (Wildman–Crippen LogP) is 5.89. The average molecular weight is 484 g/mol. The van der Waals surface area contributed by atoms with E-state index in [4.69, 9.17) is 17.0 Å². The number of aromatic nitrogens is 1. The maximum atomic E-state index is 14.9. The highest BCUT2D eigenvalue weighted by atomic mass is 35.5. The fraction of sp³-hybridized carbons (Fsp3) is 0.346. The van der Waals surface area contributed by atoms with Crippen LogP contribution in [-0.2, 0) is 0 Å². The van der Waals surface area contributed by atoms with E-state index in [1.807, 2.05) is 35.2 Å². The van der Waals surface area contributed by atoms with Crippen LogP contribution in [0.2, 0.25) is 5.02 Å². The first-order valence-electron chi connectivity index (χ1n) is 11.5. The molecule has 2 fully saturated rings. The Morgan fingerprint density at radius 2 is 1.76 bits per heavy atom. The van der Waals surface area contributed by atoms with Crippen molar-refractivity contribution < 1.29 is 14.3 Å². The van der Waals surface area contributed by atoms with Crippen molar-refractivity contribution in [1.29, 1.82) is 5.41 Å². The van der Waals surface area contributed by atoms with Crippen molar-refractivity contribution in [2.45, 2.75) is 44.6 Å². The van der Waals surface area contributed by atoms with Crippen LogP contribution in [0, 0.1) is 11.2 Å². The zero-order valence-corrected chi connectivity index (χ0v) is 19.5. The molecule has 2 aliphatic rings. The molecule has 8 heteroatoms. The number of halogens is 2. The molecule has 34 heavy (non-hydrogen) atoms. The lowest BCUT2D eigenvalue weighted by Gasteiger charge is -2.26. The third kappa shape index (κ3) is 4.99. The number of rotatable bonds is 4. The van der Waals surface area contributed by atoms with Gasteiger partial charge in [-0.25, -0.2) is 9.18 Å². The number of nitrogens with zero attached hydrogens (tertiary/aromatic N) is 2. The van der Waals surface area contributed by atoms with Crippen molar-refractivity contribution in [2.75, 3.05) is 18.0 Å². The van der Waals surface area contributed by atoms with Crippen molar-refractivity contribution in [3.63, 3.8) is 0 Å². The normalized spacial score (nSPS) is 15.9. The van der Waals surface area contributed by atoms with Crippen molar-refractivity contribution in [3.05, 3.63) is 74.8 Å². The van der Waals surface area contributed by atoms with Crippen LogP contribution in [0.25, 0.3) is 10.9 Å². The standard InChI is InChI=1S/C19H20ClFN2O3.C7H7N/c20-15-16-12(9-14(21)17(15)22-7-3-1-2-4-8-22)18(24)13(19(25)26)10-23(16)11-5-6-11;8-6-7-4-2-1-3-5-7/h9-11H,1-8H2,(H,25,26);1-6,8H. The maximum Gasteiger partial charge on any atom is 0.341 e. The second-order valence-corrected chi connectivity index (χ2v) is 9.07. The summed E-state index contributed by atoms with van der Waals surface area (Å²) in [4.78, 5) is 26.0. The van der Waals surface area contributed by atoms with Gasteiger partial charge in [-0.1, -0.05) is 54.8 Å². The molecular weight excluding hydrogens is 457 g/mol. The first-order valence-corrected chi connectivity index (χ1v) is 11.9. The van der Waals surface area contributed by atoms with Gasteiger partial charge in [-0.2, -0.15) is 0 Å². The Hall–Kier alpha value is -3.19. The molecule has 0 bridgehead atoms. The minimum atomic E-state index is -1.31. The van der Waals surface area contributed by atoms with Gasteiger partial charge in [0.25, 0.3) is 0 Å². The second kappa shape index (κ2) is 10.4. The van der Waals surface area contributed by atoms with Gasteiger partial charge in [-0.3, -0.25) is 4.79 Å². The quantitative estimate of drug-likeness (QED) is 0.453. The molecule has 0 spiro atoms. The summed E-state index contributed by atoms with van der Waals surface area (Å²) in [7, 11) is 0. The highest BCUT2D eigenvalue weighted by Crippen LogP contribution is 2.42. The molecule has 0 unspecified atom stereocenters. The molecule has 0 amide bonds. The molecule has 3 aromatic rings. The molecule has 178 valence electrons. The number of benzene rings is 2. The summed E-state index contributed by atoms with van der Waals surface area (Å²) < 4.78 is 16.7. The zero-order chi connectivity index (χ0) is 24.2. The van der Waals surface area contributed by atoms with E-state index in [0.717, 1.165) is 63.2 Å². The van der Waals surface area contributed by atoms with Crippen LogP contribution in [0.15, 0.2) is 47.4 Å². The van der Waals surface area contributed by atoms with Crippen LogP contribution < -0.4 is 10.3 Å². The molecule has 5 rings (SSSR count). The van der Waals surface area contributed by atoms with Crippen LogP contribution in [0.1, 0.15) is 60.5 Å². The van der Waals surface area contributed by atoms with Crippen molar-refractivity contribution in [1.82, 2.24) is 4.57 Å². The molecule has 6 nitrogen and oxygen atoms in total. The van der Waals surface area contributed by atoms with Gasteiger partial charge in [0, 0.05) is 31.5 Å². The highest BCUT2D eigenvalue weighted by Gasteiger charge is 2.30. The Balaban J connectivity index is 0.000000291. The van der Waals surface area contributed by atoms with Crippen molar-refractivity contribution in [3.8, 4) is 0 Å². The average Bonchev–Trinajstić information content (AvgIpc) is 3.69. The molecule has 1 aliphatic carbocycles. The van der Waals surface area contributed by atoms with Gasteiger partial charge in [-0.05, 0) is 37.3 Å². The van der Waals surface area contributed by atoms with Gasteiger partial charge in [0.05, 0.1) is 21.6 Å². The summed E-state index contributed by atoms with van der Waals surface area (Å²) >= 11 is 6.63. The number of anilines is 1. The monoisotopic (exact) mass is 483 g/mol. The van der Waals surface area contributed by atoms with Crippen molar-refractivity contribution in [2.24, 2.45) is 0 Å². The summed E-state index contributed by atoms with van der Waals surface area (Å²) in [6, 6.07) is 10.8. The number of fused-ring (bicyclic) bond motifs is 1. The lowest BCUT2D eigenvalue weighted by Crippen LogP contribution is -2.26. The summed E-state index contributed by atoms with van der Waals surface area (Å²) in [5.41, 5.74) is 0.699. The first kappa shape index (κ1) is 24.0. The Labute approximate surface area is 202 Å². The van der Waals surface area contributed by atoms with Gasteiger partial charge in [0.1, 0.15) is 11.4 Å². The lowest BCUT2D eigenvalue weighted by atomic mass is 10.1. The van der Waals surface area contributed by atoms with E-state index in [-0.39, 0.29) is 22.0 Å². The summed E-state index contributed by atoms with van der Waals surface area (Å²) in [6.07, 6.45) is 8.65. The van der Waals surface area contributed by atoms with Crippen LogP contribution in [0.4, 0.5) is 10.1 Å². The number of carboxylic acids is 1. The van der Waals surface area contributed by atoms with E-state index in [1.54, 1.807) is 4.57 Å². The molecule has 1 aromatic heterocycles. The van der Waals surface area contributed by atoms with Gasteiger partial charge in [0.2, 0.25) is 5.43 Å². The summed E-state index contributed by atoms with van der Waals surface area (Å²) in [6.45, 7) is 1.45. The minimum Gasteiger partial charge on any atom is -0.477 e. The molecule has 1 aliphatic heterocycles. The van der Waals surface area contributed by atoms with Crippen molar-refractivity contribution >= 4 is 40.4 Å². The molecule has 1 saturated carbocycles. The Morgan fingerprint density at radius 1 is 1.12 bits per heavy atom. The van der Waals surface area contributed by atoms with Gasteiger partial charge < -0.3 is 20.0 Å². The van der Waals surface area contributed by atoms with E-state index in [2.05, 4.69) is 0 Å². The fourth-order valence-corrected chi connectivity index (χ4v) is 4.77. The molecule has 1 saturated heterocycles. The van der Waals surface area contributed by atoms with E-state index in [1.165, 1.54) is 12.4 Å². The number of carbonyl (C=O) groups is 1. The SMILES string of the molecule is N=Cc1ccccc1.O=C(O)c1cn(C2CC2)c2c(Cl)c(N3CCCCCC3)c(F)cc2c1=O.